The third-order valence-corrected chi connectivity index (χ3v) is 2.29. The fourth-order valence-corrected chi connectivity index (χ4v) is 1.49. The highest BCUT2D eigenvalue weighted by molar-refractivity contribution is 5.32. The van der Waals surface area contributed by atoms with Gasteiger partial charge in [-0.15, -0.1) is 0 Å². The van der Waals surface area contributed by atoms with E-state index >= 15 is 0 Å². The van der Waals surface area contributed by atoms with Crippen LogP contribution < -0.4 is 10.1 Å². The third kappa shape index (κ3) is 2.81. The summed E-state index contributed by atoms with van der Waals surface area (Å²) in [4.78, 5) is 4.10. The van der Waals surface area contributed by atoms with Gasteiger partial charge in [-0.1, -0.05) is 6.07 Å². The van der Waals surface area contributed by atoms with E-state index in [4.69, 9.17) is 4.74 Å². The minimum absolute atomic E-state index is 0.142. The minimum atomic E-state index is -0.996. The molecule has 0 aliphatic carbocycles. The molecule has 1 aromatic heterocycles. The van der Waals surface area contributed by atoms with Crippen molar-refractivity contribution in [2.24, 2.45) is 0 Å². The molecule has 1 heterocycles. The van der Waals surface area contributed by atoms with Crippen LogP contribution in [0.3, 0.4) is 0 Å². The Bertz CT molecular complexity index is 546. The molecule has 1 aromatic carbocycles. The van der Waals surface area contributed by atoms with Gasteiger partial charge in [0.25, 0.3) is 0 Å². The Hall–Kier alpha value is -2.01. The van der Waals surface area contributed by atoms with Crippen LogP contribution in [0.1, 0.15) is 5.69 Å². The lowest BCUT2D eigenvalue weighted by atomic mass is 10.3. The van der Waals surface area contributed by atoms with Crippen LogP contribution in [-0.4, -0.2) is 12.0 Å². The van der Waals surface area contributed by atoms with Crippen LogP contribution in [0.25, 0.3) is 0 Å². The molecule has 3 nitrogen and oxygen atoms in total. The molecule has 0 aliphatic heterocycles. The molecular weight excluding hydrogens is 238 g/mol. The molecule has 0 aliphatic rings. The summed E-state index contributed by atoms with van der Waals surface area (Å²) in [6.07, 6.45) is 1.55. The molecule has 94 valence electrons. The van der Waals surface area contributed by atoms with E-state index in [-0.39, 0.29) is 5.75 Å². The van der Waals surface area contributed by atoms with E-state index in [1.165, 1.54) is 12.1 Å². The predicted molar refractivity (Wildman–Crippen MR) is 63.4 cm³/mol. The Morgan fingerprint density at radius 3 is 2.89 bits per heavy atom. The van der Waals surface area contributed by atoms with Crippen LogP contribution in [0.2, 0.25) is 0 Å². The van der Waals surface area contributed by atoms with E-state index in [2.05, 4.69) is 10.3 Å². The number of pyridine rings is 1. The van der Waals surface area contributed by atoms with E-state index in [0.29, 0.717) is 12.3 Å². The highest BCUT2D eigenvalue weighted by Gasteiger charge is 2.09. The minimum Gasteiger partial charge on any atom is -0.454 e. The number of rotatable bonds is 4. The third-order valence-electron chi connectivity index (χ3n) is 2.29. The molecule has 0 atom stereocenters. The molecule has 0 bridgehead atoms. The first-order chi connectivity index (χ1) is 8.70. The van der Waals surface area contributed by atoms with Gasteiger partial charge in [-0.05, 0) is 25.2 Å². The van der Waals surface area contributed by atoms with E-state index in [0.717, 1.165) is 11.8 Å². The topological polar surface area (TPSA) is 34.1 Å². The largest absolute Gasteiger partial charge is 0.454 e. The molecule has 0 radical (unpaired) electrons. The van der Waals surface area contributed by atoms with E-state index in [9.17, 15) is 8.78 Å². The van der Waals surface area contributed by atoms with Crippen LogP contribution >= 0.6 is 0 Å². The van der Waals surface area contributed by atoms with Crippen molar-refractivity contribution in [3.05, 3.63) is 53.9 Å². The maximum Gasteiger partial charge on any atom is 0.201 e. The molecular formula is C13H12F2N2O. The zero-order valence-electron chi connectivity index (χ0n) is 9.78. The summed E-state index contributed by atoms with van der Waals surface area (Å²) in [6, 6.07) is 7.06. The number of benzene rings is 1. The van der Waals surface area contributed by atoms with Gasteiger partial charge in [-0.25, -0.2) is 4.39 Å². The van der Waals surface area contributed by atoms with Crippen molar-refractivity contribution < 1.29 is 13.5 Å². The van der Waals surface area contributed by atoms with Crippen LogP contribution in [-0.2, 0) is 6.54 Å². The second kappa shape index (κ2) is 5.55. The van der Waals surface area contributed by atoms with Crippen LogP contribution in [0.4, 0.5) is 8.78 Å². The number of hydrogen-bond donors (Lipinski definition) is 1. The molecule has 0 unspecified atom stereocenters. The molecule has 2 aromatic rings. The lowest BCUT2D eigenvalue weighted by Gasteiger charge is -2.08. The number of nitrogens with one attached hydrogen (secondary N) is 1. The van der Waals surface area contributed by atoms with Crippen molar-refractivity contribution in [2.75, 3.05) is 7.05 Å². The van der Waals surface area contributed by atoms with Gasteiger partial charge in [0.15, 0.2) is 11.6 Å². The number of hydrogen-bond acceptors (Lipinski definition) is 3. The average molecular weight is 250 g/mol. The van der Waals surface area contributed by atoms with Gasteiger partial charge in [0.2, 0.25) is 5.82 Å². The second-order valence-corrected chi connectivity index (χ2v) is 3.67. The Labute approximate surface area is 103 Å². The van der Waals surface area contributed by atoms with Crippen molar-refractivity contribution in [3.63, 3.8) is 0 Å². The van der Waals surface area contributed by atoms with Crippen LogP contribution in [0, 0.1) is 11.6 Å². The van der Waals surface area contributed by atoms with Crippen molar-refractivity contribution in [1.29, 1.82) is 0 Å². The zero-order valence-corrected chi connectivity index (χ0v) is 9.78. The first-order valence-electron chi connectivity index (χ1n) is 5.42. The first-order valence-corrected chi connectivity index (χ1v) is 5.42. The smallest absolute Gasteiger partial charge is 0.201 e. The van der Waals surface area contributed by atoms with Crippen LogP contribution in [0.15, 0.2) is 36.5 Å². The predicted octanol–water partition coefficient (Wildman–Crippen LogP) is 2.87. The summed E-state index contributed by atoms with van der Waals surface area (Å²) >= 11 is 0. The number of halogens is 2. The van der Waals surface area contributed by atoms with Crippen molar-refractivity contribution in [3.8, 4) is 11.5 Å². The molecule has 0 fully saturated rings. The Kier molecular flexibility index (Phi) is 3.84. The molecule has 18 heavy (non-hydrogen) atoms. The Balaban J connectivity index is 2.23. The van der Waals surface area contributed by atoms with E-state index in [1.54, 1.807) is 25.4 Å². The van der Waals surface area contributed by atoms with Crippen molar-refractivity contribution in [1.82, 2.24) is 10.3 Å². The summed E-state index contributed by atoms with van der Waals surface area (Å²) < 4.78 is 31.7. The lowest BCUT2D eigenvalue weighted by Crippen LogP contribution is -2.06. The summed E-state index contributed by atoms with van der Waals surface area (Å²) in [6.45, 7) is 0.572. The SMILES string of the molecule is CNCc1cc(Oc2cccc(F)c2F)ccn1. The average Bonchev–Trinajstić information content (AvgIpc) is 2.36. The molecule has 2 rings (SSSR count). The summed E-state index contributed by atoms with van der Waals surface area (Å²) in [5.74, 6) is -1.65. The quantitative estimate of drug-likeness (QED) is 0.906. The fraction of sp³-hybridized carbons (Fsp3) is 0.154. The molecule has 1 N–H and O–H groups in total. The van der Waals surface area contributed by atoms with Gasteiger partial charge in [0, 0.05) is 18.8 Å². The number of ether oxygens (including phenoxy) is 1. The maximum absolute atomic E-state index is 13.4. The van der Waals surface area contributed by atoms with E-state index in [1.807, 2.05) is 0 Å². The van der Waals surface area contributed by atoms with Crippen LogP contribution in [0.5, 0.6) is 11.5 Å². The molecule has 0 saturated heterocycles. The van der Waals surface area contributed by atoms with Gasteiger partial charge in [0.1, 0.15) is 5.75 Å². The highest BCUT2D eigenvalue weighted by Crippen LogP contribution is 2.25. The first kappa shape index (κ1) is 12.4. The Morgan fingerprint density at radius 2 is 2.11 bits per heavy atom. The molecule has 0 amide bonds. The highest BCUT2D eigenvalue weighted by atomic mass is 19.2. The normalized spacial score (nSPS) is 10.4. The molecule has 0 saturated carbocycles. The number of aromatic nitrogens is 1. The van der Waals surface area contributed by atoms with Gasteiger partial charge < -0.3 is 10.1 Å². The molecule has 0 spiro atoms. The fourth-order valence-electron chi connectivity index (χ4n) is 1.49. The van der Waals surface area contributed by atoms with Gasteiger partial charge in [-0.3, -0.25) is 4.98 Å². The van der Waals surface area contributed by atoms with Gasteiger partial charge in [0.05, 0.1) is 5.69 Å². The van der Waals surface area contributed by atoms with E-state index < -0.39 is 11.6 Å². The van der Waals surface area contributed by atoms with Crippen molar-refractivity contribution >= 4 is 0 Å². The zero-order chi connectivity index (χ0) is 13.0. The Morgan fingerprint density at radius 1 is 1.28 bits per heavy atom. The van der Waals surface area contributed by atoms with Crippen molar-refractivity contribution in [2.45, 2.75) is 6.54 Å². The lowest BCUT2D eigenvalue weighted by molar-refractivity contribution is 0.415. The standard InChI is InChI=1S/C13H12F2N2O/c1-16-8-9-7-10(5-6-17-9)18-12-4-2-3-11(14)13(12)15/h2-7,16H,8H2,1H3. The van der Waals surface area contributed by atoms with Gasteiger partial charge >= 0.3 is 0 Å². The summed E-state index contributed by atoms with van der Waals surface area (Å²) in [7, 11) is 1.79. The monoisotopic (exact) mass is 250 g/mol. The summed E-state index contributed by atoms with van der Waals surface area (Å²) in [5.41, 5.74) is 0.756. The second-order valence-electron chi connectivity index (χ2n) is 3.67. The van der Waals surface area contributed by atoms with Gasteiger partial charge in [-0.2, -0.15) is 4.39 Å². The molecule has 5 heteroatoms. The number of nitrogens with zero attached hydrogens (tertiary/aromatic N) is 1. The maximum atomic E-state index is 13.4. The summed E-state index contributed by atoms with van der Waals surface area (Å²) in [5, 5.41) is 2.94.